The maximum absolute atomic E-state index is 6.16. The van der Waals surface area contributed by atoms with E-state index in [1.807, 2.05) is 17.5 Å². The van der Waals surface area contributed by atoms with Gasteiger partial charge in [0.2, 0.25) is 0 Å². The highest BCUT2D eigenvalue weighted by molar-refractivity contribution is 7.11. The minimum atomic E-state index is 0.353. The molecule has 1 aliphatic rings. The second-order valence-electron chi connectivity index (χ2n) is 4.47. The van der Waals surface area contributed by atoms with Crippen molar-refractivity contribution in [3.05, 3.63) is 16.1 Å². The van der Waals surface area contributed by atoms with E-state index < -0.39 is 0 Å². The molecule has 2 rings (SSSR count). The van der Waals surface area contributed by atoms with Crippen LogP contribution >= 0.6 is 11.3 Å². The van der Waals surface area contributed by atoms with Crippen molar-refractivity contribution < 1.29 is 0 Å². The summed E-state index contributed by atoms with van der Waals surface area (Å²) in [7, 11) is 0. The van der Waals surface area contributed by atoms with Gasteiger partial charge in [0.25, 0.3) is 0 Å². The SMILES string of the molecule is Cc1ncc(C2CC(C)CCC2N)s1. The van der Waals surface area contributed by atoms with Gasteiger partial charge in [-0.15, -0.1) is 11.3 Å². The first-order valence-electron chi connectivity index (χ1n) is 5.34. The highest BCUT2D eigenvalue weighted by Crippen LogP contribution is 2.37. The van der Waals surface area contributed by atoms with Gasteiger partial charge < -0.3 is 5.73 Å². The van der Waals surface area contributed by atoms with Crippen molar-refractivity contribution in [3.8, 4) is 0 Å². The quantitative estimate of drug-likeness (QED) is 0.774. The van der Waals surface area contributed by atoms with E-state index in [4.69, 9.17) is 5.73 Å². The van der Waals surface area contributed by atoms with Crippen LogP contribution in [0.5, 0.6) is 0 Å². The first kappa shape index (κ1) is 10.1. The van der Waals surface area contributed by atoms with Gasteiger partial charge in [0, 0.05) is 23.0 Å². The molecular weight excluding hydrogens is 192 g/mol. The van der Waals surface area contributed by atoms with Crippen LogP contribution in [0.2, 0.25) is 0 Å². The molecule has 1 heterocycles. The van der Waals surface area contributed by atoms with E-state index >= 15 is 0 Å². The second kappa shape index (κ2) is 3.99. The Labute approximate surface area is 89.5 Å². The molecule has 1 aromatic rings. The number of aromatic nitrogens is 1. The van der Waals surface area contributed by atoms with Crippen LogP contribution in [-0.2, 0) is 0 Å². The molecule has 2 nitrogen and oxygen atoms in total. The molecule has 0 spiro atoms. The fourth-order valence-corrected chi connectivity index (χ4v) is 3.25. The van der Waals surface area contributed by atoms with E-state index in [9.17, 15) is 0 Å². The zero-order valence-corrected chi connectivity index (χ0v) is 9.68. The Morgan fingerprint density at radius 2 is 2.29 bits per heavy atom. The van der Waals surface area contributed by atoms with Crippen LogP contribution in [0.4, 0.5) is 0 Å². The summed E-state index contributed by atoms with van der Waals surface area (Å²) < 4.78 is 0. The fraction of sp³-hybridized carbons (Fsp3) is 0.727. The van der Waals surface area contributed by atoms with Crippen LogP contribution in [0.1, 0.15) is 42.0 Å². The molecule has 0 bridgehead atoms. The van der Waals surface area contributed by atoms with Crippen LogP contribution in [0.3, 0.4) is 0 Å². The van der Waals surface area contributed by atoms with Gasteiger partial charge in [-0.05, 0) is 32.1 Å². The summed E-state index contributed by atoms with van der Waals surface area (Å²) in [5, 5.41) is 1.16. The van der Waals surface area contributed by atoms with Crippen LogP contribution in [0, 0.1) is 12.8 Å². The molecule has 78 valence electrons. The molecular formula is C11H18N2S. The average molecular weight is 210 g/mol. The summed E-state index contributed by atoms with van der Waals surface area (Å²) in [6.45, 7) is 4.39. The van der Waals surface area contributed by atoms with Gasteiger partial charge >= 0.3 is 0 Å². The number of thiazole rings is 1. The van der Waals surface area contributed by atoms with Crippen molar-refractivity contribution in [1.82, 2.24) is 4.98 Å². The molecule has 0 amide bonds. The average Bonchev–Trinajstić information content (AvgIpc) is 2.56. The molecule has 0 saturated heterocycles. The molecule has 3 heteroatoms. The lowest BCUT2D eigenvalue weighted by Crippen LogP contribution is -2.33. The van der Waals surface area contributed by atoms with Crippen molar-refractivity contribution in [3.63, 3.8) is 0 Å². The Balaban J connectivity index is 2.15. The number of nitrogens with zero attached hydrogens (tertiary/aromatic N) is 1. The molecule has 14 heavy (non-hydrogen) atoms. The lowest BCUT2D eigenvalue weighted by molar-refractivity contribution is 0.309. The van der Waals surface area contributed by atoms with Crippen molar-refractivity contribution in [1.29, 1.82) is 0 Å². The van der Waals surface area contributed by atoms with Crippen LogP contribution in [0.25, 0.3) is 0 Å². The minimum absolute atomic E-state index is 0.353. The topological polar surface area (TPSA) is 38.9 Å². The van der Waals surface area contributed by atoms with Gasteiger partial charge in [-0.2, -0.15) is 0 Å². The third-order valence-electron chi connectivity index (χ3n) is 3.17. The Kier molecular flexibility index (Phi) is 2.88. The Morgan fingerprint density at radius 1 is 1.50 bits per heavy atom. The van der Waals surface area contributed by atoms with Crippen LogP contribution < -0.4 is 5.73 Å². The van der Waals surface area contributed by atoms with Crippen molar-refractivity contribution in [2.24, 2.45) is 11.7 Å². The number of nitrogens with two attached hydrogens (primary N) is 1. The van der Waals surface area contributed by atoms with Gasteiger partial charge in [-0.1, -0.05) is 6.92 Å². The van der Waals surface area contributed by atoms with E-state index in [1.54, 1.807) is 0 Å². The molecule has 0 aromatic carbocycles. The molecule has 0 aliphatic heterocycles. The molecule has 1 fully saturated rings. The minimum Gasteiger partial charge on any atom is -0.327 e. The molecule has 1 saturated carbocycles. The smallest absolute Gasteiger partial charge is 0.0896 e. The summed E-state index contributed by atoms with van der Waals surface area (Å²) in [5.74, 6) is 1.38. The van der Waals surface area contributed by atoms with Crippen molar-refractivity contribution >= 4 is 11.3 Å². The molecule has 3 unspecified atom stereocenters. The third kappa shape index (κ3) is 1.98. The first-order chi connectivity index (χ1) is 6.66. The fourth-order valence-electron chi connectivity index (χ4n) is 2.28. The largest absolute Gasteiger partial charge is 0.327 e. The van der Waals surface area contributed by atoms with Gasteiger partial charge in [0.15, 0.2) is 0 Å². The molecule has 0 radical (unpaired) electrons. The van der Waals surface area contributed by atoms with E-state index in [0.29, 0.717) is 12.0 Å². The molecule has 1 aliphatic carbocycles. The molecule has 2 N–H and O–H groups in total. The Morgan fingerprint density at radius 3 is 2.93 bits per heavy atom. The number of hydrogen-bond donors (Lipinski definition) is 1. The highest BCUT2D eigenvalue weighted by Gasteiger charge is 2.28. The van der Waals surface area contributed by atoms with Crippen LogP contribution in [-0.4, -0.2) is 11.0 Å². The Bertz CT molecular complexity index is 308. The summed E-state index contributed by atoms with van der Waals surface area (Å²) in [5.41, 5.74) is 6.16. The predicted molar refractivity (Wildman–Crippen MR) is 60.6 cm³/mol. The van der Waals surface area contributed by atoms with Crippen molar-refractivity contribution in [2.45, 2.75) is 45.1 Å². The zero-order chi connectivity index (χ0) is 10.1. The van der Waals surface area contributed by atoms with E-state index in [-0.39, 0.29) is 0 Å². The molecule has 1 aromatic heterocycles. The lowest BCUT2D eigenvalue weighted by atomic mass is 9.79. The maximum Gasteiger partial charge on any atom is 0.0896 e. The van der Waals surface area contributed by atoms with Gasteiger partial charge in [-0.25, -0.2) is 4.98 Å². The number of rotatable bonds is 1. The zero-order valence-electron chi connectivity index (χ0n) is 8.86. The summed E-state index contributed by atoms with van der Waals surface area (Å²) in [6.07, 6.45) is 5.71. The number of hydrogen-bond acceptors (Lipinski definition) is 3. The lowest BCUT2D eigenvalue weighted by Gasteiger charge is -2.31. The van der Waals surface area contributed by atoms with Crippen molar-refractivity contribution in [2.75, 3.05) is 0 Å². The van der Waals surface area contributed by atoms with E-state index in [0.717, 1.165) is 10.9 Å². The second-order valence-corrected chi connectivity index (χ2v) is 5.74. The monoisotopic (exact) mass is 210 g/mol. The van der Waals surface area contributed by atoms with Gasteiger partial charge in [0.05, 0.1) is 5.01 Å². The summed E-state index contributed by atoms with van der Waals surface area (Å²) in [6, 6.07) is 0.353. The summed E-state index contributed by atoms with van der Waals surface area (Å²) >= 11 is 1.81. The first-order valence-corrected chi connectivity index (χ1v) is 6.16. The van der Waals surface area contributed by atoms with Gasteiger partial charge in [-0.3, -0.25) is 0 Å². The standard InChI is InChI=1S/C11H18N2S/c1-7-3-4-10(12)9(5-7)11-6-13-8(2)14-11/h6-7,9-10H,3-5,12H2,1-2H3. The van der Waals surface area contributed by atoms with E-state index in [2.05, 4.69) is 18.8 Å². The Hall–Kier alpha value is -0.410. The predicted octanol–water partition coefficient (Wildman–Crippen LogP) is 2.68. The summed E-state index contributed by atoms with van der Waals surface area (Å²) in [4.78, 5) is 5.70. The van der Waals surface area contributed by atoms with Crippen LogP contribution in [0.15, 0.2) is 6.20 Å². The highest BCUT2D eigenvalue weighted by atomic mass is 32.1. The molecule has 3 atom stereocenters. The van der Waals surface area contributed by atoms with Gasteiger partial charge in [0.1, 0.15) is 0 Å². The normalized spacial score (nSPS) is 33.2. The third-order valence-corrected chi connectivity index (χ3v) is 4.22. The maximum atomic E-state index is 6.16. The number of aryl methyl sites for hydroxylation is 1. The van der Waals surface area contributed by atoms with E-state index in [1.165, 1.54) is 24.1 Å².